The fourth-order valence-corrected chi connectivity index (χ4v) is 7.44. The number of carbonyl (C=O) groups excluding carboxylic acids is 5. The number of hydrogen-bond acceptors (Lipinski definition) is 11. The van der Waals surface area contributed by atoms with E-state index in [4.69, 9.17) is 19.9 Å². The first-order chi connectivity index (χ1) is 31.3. The van der Waals surface area contributed by atoms with Crippen molar-refractivity contribution in [2.24, 2.45) is 11.7 Å². The van der Waals surface area contributed by atoms with Gasteiger partial charge in [-0.15, -0.1) is 0 Å². The number of nitrogens with one attached hydrogen (secondary N) is 4. The van der Waals surface area contributed by atoms with Crippen LogP contribution in [0.4, 0.5) is 30.6 Å². The predicted octanol–water partition coefficient (Wildman–Crippen LogP) is 7.41. The normalized spacial score (nSPS) is 12.7. The van der Waals surface area contributed by atoms with Crippen LogP contribution in [0, 0.1) is 16.0 Å². The number of nitro groups is 1. The molecular weight excluding hydrogens is 855 g/mol. The highest BCUT2D eigenvalue weighted by Crippen LogP contribution is 2.46. The van der Waals surface area contributed by atoms with Crippen molar-refractivity contribution < 1.29 is 53.0 Å². The monoisotopic (exact) mass is 909 g/mol. The van der Waals surface area contributed by atoms with Gasteiger partial charge in [-0.05, 0) is 104 Å². The number of anilines is 1. The lowest BCUT2D eigenvalue weighted by Gasteiger charge is -2.27. The number of nitrogens with zero attached hydrogens (tertiary/aromatic N) is 2. The molecule has 4 aromatic rings. The third kappa shape index (κ3) is 13.9. The van der Waals surface area contributed by atoms with Gasteiger partial charge in [0.25, 0.3) is 5.69 Å². The molecule has 1 aliphatic rings. The first-order valence-electron chi connectivity index (χ1n) is 21.3. The standard InChI is InChI=1S/C47H55N7O12/c1-28(2)40(52-44(58)66-47(3,4)5)42(56)51-39(15-10-23-49-43(48)57)41(55)50-31-17-16-29(27-64-46(61)65-33-20-18-32(19-21-33)54(62)63)30(25-31)26-53(45(59)60)24-22-38-36-13-8-6-11-34(36)35-12-7-9-14-37(35)38/h6-9,11-14,16-21,25,28,38-40H,10,15,22-24,26-27H2,1-5H3,(H,50,55)(H,51,56)(H,52,58)(H,59,60)(H3,48,49,57). The Kier molecular flexibility index (Phi) is 16.6. The van der Waals surface area contributed by atoms with Crippen LogP contribution in [-0.4, -0.2) is 81.9 Å². The highest BCUT2D eigenvalue weighted by atomic mass is 16.7. The molecule has 7 N–H and O–H groups in total. The van der Waals surface area contributed by atoms with Crippen LogP contribution in [0.3, 0.4) is 0 Å². The number of hydrogen-bond donors (Lipinski definition) is 6. The zero-order valence-corrected chi connectivity index (χ0v) is 37.3. The van der Waals surface area contributed by atoms with Gasteiger partial charge in [0.15, 0.2) is 0 Å². The third-order valence-corrected chi connectivity index (χ3v) is 10.6. The Morgan fingerprint density at radius 3 is 2.08 bits per heavy atom. The molecule has 5 rings (SSSR count). The Morgan fingerprint density at radius 2 is 1.50 bits per heavy atom. The van der Waals surface area contributed by atoms with Crippen LogP contribution in [0.15, 0.2) is 91.0 Å². The van der Waals surface area contributed by atoms with E-state index in [1.165, 1.54) is 35.2 Å². The topological polar surface area (TPSA) is 271 Å². The third-order valence-electron chi connectivity index (χ3n) is 10.6. The average Bonchev–Trinajstić information content (AvgIpc) is 3.57. The lowest BCUT2D eigenvalue weighted by Crippen LogP contribution is -2.55. The van der Waals surface area contributed by atoms with Gasteiger partial charge in [-0.1, -0.05) is 68.4 Å². The van der Waals surface area contributed by atoms with E-state index in [9.17, 15) is 44.0 Å². The van der Waals surface area contributed by atoms with Crippen molar-refractivity contribution in [2.45, 2.75) is 90.6 Å². The van der Waals surface area contributed by atoms with Crippen molar-refractivity contribution >= 4 is 47.6 Å². The van der Waals surface area contributed by atoms with Crippen LogP contribution in [0.1, 0.15) is 82.1 Å². The molecule has 0 fully saturated rings. The Bertz CT molecular complexity index is 2370. The van der Waals surface area contributed by atoms with Crippen LogP contribution in [-0.2, 0) is 32.2 Å². The number of carboxylic acid groups (broad SMARTS) is 1. The molecule has 0 bridgehead atoms. The summed E-state index contributed by atoms with van der Waals surface area (Å²) in [4.78, 5) is 89.1. The minimum atomic E-state index is -1.22. The van der Waals surface area contributed by atoms with Crippen molar-refractivity contribution in [1.82, 2.24) is 20.9 Å². The van der Waals surface area contributed by atoms with E-state index in [1.54, 1.807) is 34.6 Å². The molecule has 0 aromatic heterocycles. The quantitative estimate of drug-likeness (QED) is 0.0176. The highest BCUT2D eigenvalue weighted by molar-refractivity contribution is 5.98. The van der Waals surface area contributed by atoms with Gasteiger partial charge in [0.2, 0.25) is 11.8 Å². The summed E-state index contributed by atoms with van der Waals surface area (Å²) in [5, 5.41) is 32.1. The number of alkyl carbamates (subject to hydrolysis) is 1. The molecule has 4 aromatic carbocycles. The summed E-state index contributed by atoms with van der Waals surface area (Å²) in [6.45, 7) is 8.05. The maximum absolute atomic E-state index is 14.0. The van der Waals surface area contributed by atoms with Crippen molar-refractivity contribution in [1.29, 1.82) is 0 Å². The number of non-ortho nitro benzene ring substituents is 1. The van der Waals surface area contributed by atoms with E-state index in [0.717, 1.165) is 34.4 Å². The maximum atomic E-state index is 14.0. The molecule has 2 atom stereocenters. The Hall–Kier alpha value is -7.70. The second kappa shape index (κ2) is 22.3. The highest BCUT2D eigenvalue weighted by Gasteiger charge is 2.32. The van der Waals surface area contributed by atoms with E-state index in [-0.39, 0.29) is 62.1 Å². The molecule has 0 saturated heterocycles. The number of fused-ring (bicyclic) bond motifs is 3. The van der Waals surface area contributed by atoms with Gasteiger partial charge in [0.1, 0.15) is 30.0 Å². The van der Waals surface area contributed by atoms with Crippen LogP contribution in [0.5, 0.6) is 5.75 Å². The second-order valence-corrected chi connectivity index (χ2v) is 16.9. The molecule has 0 heterocycles. The van der Waals surface area contributed by atoms with Crippen LogP contribution >= 0.6 is 0 Å². The maximum Gasteiger partial charge on any atom is 0.514 e. The van der Waals surface area contributed by atoms with Crippen molar-refractivity contribution in [3.8, 4) is 16.9 Å². The van der Waals surface area contributed by atoms with Gasteiger partial charge in [-0.2, -0.15) is 0 Å². The lowest BCUT2D eigenvalue weighted by molar-refractivity contribution is -0.384. The molecular formula is C47H55N7O12. The molecule has 0 aliphatic heterocycles. The number of amides is 6. The Morgan fingerprint density at radius 1 is 0.864 bits per heavy atom. The molecule has 66 heavy (non-hydrogen) atoms. The van der Waals surface area contributed by atoms with E-state index >= 15 is 0 Å². The minimum absolute atomic E-state index is 0.0108. The predicted molar refractivity (Wildman–Crippen MR) is 243 cm³/mol. The van der Waals surface area contributed by atoms with Gasteiger partial charge in [-0.25, -0.2) is 19.2 Å². The summed E-state index contributed by atoms with van der Waals surface area (Å²) >= 11 is 0. The van der Waals surface area contributed by atoms with Crippen LogP contribution in [0.2, 0.25) is 0 Å². The largest absolute Gasteiger partial charge is 0.514 e. The summed E-state index contributed by atoms with van der Waals surface area (Å²) in [6.07, 6.45) is -2.49. The number of primary amides is 1. The first kappa shape index (κ1) is 49.3. The van der Waals surface area contributed by atoms with Gasteiger partial charge < -0.3 is 51.2 Å². The van der Waals surface area contributed by atoms with Gasteiger partial charge in [-0.3, -0.25) is 19.7 Å². The lowest BCUT2D eigenvalue weighted by atomic mass is 9.93. The Balaban J connectivity index is 1.39. The summed E-state index contributed by atoms with van der Waals surface area (Å²) in [7, 11) is 0. The summed E-state index contributed by atoms with van der Waals surface area (Å²) < 4.78 is 16.0. The Labute approximate surface area is 381 Å². The first-order valence-corrected chi connectivity index (χ1v) is 21.3. The molecule has 19 heteroatoms. The average molecular weight is 910 g/mol. The molecule has 2 unspecified atom stereocenters. The molecule has 0 radical (unpaired) electrons. The smallest absolute Gasteiger partial charge is 0.465 e. The molecule has 1 aliphatic carbocycles. The number of carbonyl (C=O) groups is 6. The minimum Gasteiger partial charge on any atom is -0.465 e. The van der Waals surface area contributed by atoms with Crippen molar-refractivity contribution in [2.75, 3.05) is 18.4 Å². The zero-order chi connectivity index (χ0) is 48.1. The number of urea groups is 1. The molecule has 350 valence electrons. The molecule has 6 amide bonds. The molecule has 19 nitrogen and oxygen atoms in total. The fraction of sp³-hybridized carbons (Fsp3) is 0.362. The molecule has 0 saturated carbocycles. The summed E-state index contributed by atoms with van der Waals surface area (Å²) in [5.74, 6) is -1.85. The second-order valence-electron chi connectivity index (χ2n) is 16.9. The van der Waals surface area contributed by atoms with Gasteiger partial charge >= 0.3 is 24.4 Å². The number of nitrogens with two attached hydrogens (primary N) is 1. The van der Waals surface area contributed by atoms with Gasteiger partial charge in [0, 0.05) is 43.4 Å². The van der Waals surface area contributed by atoms with Crippen molar-refractivity contribution in [3.05, 3.63) is 123 Å². The summed E-state index contributed by atoms with van der Waals surface area (Å²) in [6, 6.07) is 22.3. The SMILES string of the molecule is CC(C)C(NC(=O)OC(C)(C)C)C(=O)NC(CCCNC(N)=O)C(=O)Nc1ccc(COC(=O)Oc2ccc([N+](=O)[O-])cc2)c(CN(CCC2c3ccccc3-c3ccccc32)C(=O)O)c1. The van der Waals surface area contributed by atoms with Crippen LogP contribution in [0.25, 0.3) is 11.1 Å². The van der Waals surface area contributed by atoms with E-state index in [1.807, 2.05) is 48.5 Å². The number of ether oxygens (including phenoxy) is 3. The number of benzene rings is 4. The number of rotatable bonds is 19. The number of nitro benzene ring substituents is 1. The van der Waals surface area contributed by atoms with E-state index in [0.29, 0.717) is 17.5 Å². The van der Waals surface area contributed by atoms with E-state index < -0.39 is 64.7 Å². The molecule has 0 spiro atoms. The zero-order valence-electron chi connectivity index (χ0n) is 37.3. The van der Waals surface area contributed by atoms with Crippen molar-refractivity contribution in [3.63, 3.8) is 0 Å². The van der Waals surface area contributed by atoms with Gasteiger partial charge in [0.05, 0.1) is 4.92 Å². The van der Waals surface area contributed by atoms with Crippen LogP contribution < -0.4 is 31.7 Å². The van der Waals surface area contributed by atoms with E-state index in [2.05, 4.69) is 21.3 Å². The fourth-order valence-electron chi connectivity index (χ4n) is 7.44. The summed E-state index contributed by atoms with van der Waals surface area (Å²) in [5.41, 5.74) is 9.45.